The number of aliphatic carboxylic acids is 1. The summed E-state index contributed by atoms with van der Waals surface area (Å²) in [5.74, 6) is -0.526. The zero-order valence-electron chi connectivity index (χ0n) is 13.9. The largest absolute Gasteiger partial charge is 0.480 e. The zero-order chi connectivity index (χ0) is 18.4. The highest BCUT2D eigenvalue weighted by Gasteiger charge is 2.18. The van der Waals surface area contributed by atoms with Crippen molar-refractivity contribution in [3.05, 3.63) is 78.1 Å². The number of carboxylic acid groups (broad SMARTS) is 1. The third-order valence-electron chi connectivity index (χ3n) is 3.91. The van der Waals surface area contributed by atoms with Crippen LogP contribution in [0.3, 0.4) is 0 Å². The Kier molecular flexibility index (Phi) is 5.34. The SMILES string of the molecule is O=Cc1ccc(-c2cc(N[C@@H](Cc3ccccc3)C(=O)O)ncn2)cc1. The number of benzene rings is 2. The number of hydrogen-bond donors (Lipinski definition) is 2. The Morgan fingerprint density at radius 3 is 2.46 bits per heavy atom. The number of nitrogens with one attached hydrogen (secondary N) is 1. The highest BCUT2D eigenvalue weighted by Crippen LogP contribution is 2.20. The second-order valence-electron chi connectivity index (χ2n) is 5.75. The Hall–Kier alpha value is -3.54. The molecule has 0 aliphatic carbocycles. The molecule has 0 unspecified atom stereocenters. The molecule has 130 valence electrons. The van der Waals surface area contributed by atoms with E-state index in [1.807, 2.05) is 30.3 Å². The molecule has 1 heterocycles. The molecule has 0 bridgehead atoms. The maximum Gasteiger partial charge on any atom is 0.326 e. The average molecular weight is 347 g/mol. The first-order valence-corrected chi connectivity index (χ1v) is 8.06. The van der Waals surface area contributed by atoms with Gasteiger partial charge >= 0.3 is 5.97 Å². The normalized spacial score (nSPS) is 11.5. The van der Waals surface area contributed by atoms with Gasteiger partial charge in [0.1, 0.15) is 24.5 Å². The molecular weight excluding hydrogens is 330 g/mol. The quantitative estimate of drug-likeness (QED) is 0.638. The van der Waals surface area contributed by atoms with Crippen LogP contribution in [0.25, 0.3) is 11.3 Å². The van der Waals surface area contributed by atoms with E-state index in [4.69, 9.17) is 0 Å². The third-order valence-corrected chi connectivity index (χ3v) is 3.91. The summed E-state index contributed by atoms with van der Waals surface area (Å²) in [6.07, 6.45) is 2.49. The predicted molar refractivity (Wildman–Crippen MR) is 98.0 cm³/mol. The van der Waals surface area contributed by atoms with Crippen LogP contribution in [-0.4, -0.2) is 33.4 Å². The lowest BCUT2D eigenvalue weighted by Crippen LogP contribution is -2.31. The number of anilines is 1. The fourth-order valence-electron chi connectivity index (χ4n) is 2.55. The van der Waals surface area contributed by atoms with Gasteiger partial charge in [-0.1, -0.05) is 54.6 Å². The van der Waals surface area contributed by atoms with Gasteiger partial charge in [-0.25, -0.2) is 14.8 Å². The van der Waals surface area contributed by atoms with E-state index >= 15 is 0 Å². The van der Waals surface area contributed by atoms with Crippen LogP contribution in [0, 0.1) is 0 Å². The van der Waals surface area contributed by atoms with Gasteiger partial charge in [0, 0.05) is 23.6 Å². The molecule has 2 N–H and O–H groups in total. The van der Waals surface area contributed by atoms with Gasteiger partial charge in [0.25, 0.3) is 0 Å². The molecule has 0 aliphatic rings. The van der Waals surface area contributed by atoms with Crippen molar-refractivity contribution in [2.24, 2.45) is 0 Å². The summed E-state index contributed by atoms with van der Waals surface area (Å²) in [7, 11) is 0. The smallest absolute Gasteiger partial charge is 0.326 e. The number of carbonyl (C=O) groups is 2. The fraction of sp³-hybridized carbons (Fsp3) is 0.100. The highest BCUT2D eigenvalue weighted by molar-refractivity contribution is 5.78. The topological polar surface area (TPSA) is 92.2 Å². The van der Waals surface area contributed by atoms with Gasteiger partial charge < -0.3 is 10.4 Å². The number of aldehydes is 1. The van der Waals surface area contributed by atoms with Crippen LogP contribution in [0.15, 0.2) is 67.0 Å². The molecule has 0 radical (unpaired) electrons. The van der Waals surface area contributed by atoms with Gasteiger partial charge in [0.15, 0.2) is 0 Å². The predicted octanol–water partition coefficient (Wildman–Crippen LogP) is 3.06. The second-order valence-corrected chi connectivity index (χ2v) is 5.75. The Balaban J connectivity index is 1.79. The van der Waals surface area contributed by atoms with Crippen molar-refractivity contribution in [1.82, 2.24) is 9.97 Å². The molecule has 0 amide bonds. The first-order valence-electron chi connectivity index (χ1n) is 8.06. The summed E-state index contributed by atoms with van der Waals surface area (Å²) in [5, 5.41) is 12.5. The van der Waals surface area contributed by atoms with Crippen molar-refractivity contribution in [1.29, 1.82) is 0 Å². The minimum atomic E-state index is -0.954. The standard InChI is InChI=1S/C20H17N3O3/c24-12-15-6-8-16(9-7-15)17-11-19(22-13-21-17)23-18(20(25)26)10-14-4-2-1-3-5-14/h1-9,11-13,18H,10H2,(H,25,26)(H,21,22,23)/t18-/m0/s1. The summed E-state index contributed by atoms with van der Waals surface area (Å²) in [6.45, 7) is 0. The molecule has 6 heteroatoms. The van der Waals surface area contributed by atoms with Crippen molar-refractivity contribution in [2.75, 3.05) is 5.32 Å². The van der Waals surface area contributed by atoms with E-state index in [0.29, 0.717) is 23.5 Å². The van der Waals surface area contributed by atoms with Crippen LogP contribution >= 0.6 is 0 Å². The molecule has 26 heavy (non-hydrogen) atoms. The number of rotatable bonds is 7. The summed E-state index contributed by atoms with van der Waals surface area (Å²) in [5.41, 5.74) is 2.96. The minimum absolute atomic E-state index is 0.337. The Morgan fingerprint density at radius 1 is 1.08 bits per heavy atom. The third kappa shape index (κ3) is 4.30. The molecule has 0 fully saturated rings. The Labute approximate surface area is 150 Å². The van der Waals surface area contributed by atoms with Crippen molar-refractivity contribution in [3.8, 4) is 11.3 Å². The van der Waals surface area contributed by atoms with Crippen molar-refractivity contribution in [2.45, 2.75) is 12.5 Å². The molecule has 0 saturated carbocycles. The van der Waals surface area contributed by atoms with Gasteiger partial charge in [-0.3, -0.25) is 4.79 Å². The van der Waals surface area contributed by atoms with Crippen LogP contribution in [0.1, 0.15) is 15.9 Å². The van der Waals surface area contributed by atoms with Gasteiger partial charge in [-0.2, -0.15) is 0 Å². The molecule has 2 aromatic carbocycles. The first-order chi connectivity index (χ1) is 12.7. The van der Waals surface area contributed by atoms with Crippen LogP contribution in [0.4, 0.5) is 5.82 Å². The van der Waals surface area contributed by atoms with Crippen molar-refractivity contribution >= 4 is 18.1 Å². The Morgan fingerprint density at radius 2 is 1.81 bits per heavy atom. The second kappa shape index (κ2) is 8.02. The lowest BCUT2D eigenvalue weighted by Gasteiger charge is -2.15. The highest BCUT2D eigenvalue weighted by atomic mass is 16.4. The number of carboxylic acids is 1. The van der Waals surface area contributed by atoms with Gasteiger partial charge in [0.2, 0.25) is 0 Å². The molecular formula is C20H17N3O3. The molecule has 3 rings (SSSR count). The van der Waals surface area contributed by atoms with Crippen LogP contribution in [0.5, 0.6) is 0 Å². The molecule has 3 aromatic rings. The monoisotopic (exact) mass is 347 g/mol. The summed E-state index contributed by atoms with van der Waals surface area (Å²) < 4.78 is 0. The van der Waals surface area contributed by atoms with Gasteiger partial charge in [0.05, 0.1) is 5.69 Å². The number of nitrogens with zero attached hydrogens (tertiary/aromatic N) is 2. The van der Waals surface area contributed by atoms with E-state index in [1.54, 1.807) is 30.3 Å². The molecule has 0 saturated heterocycles. The van der Waals surface area contributed by atoms with E-state index in [9.17, 15) is 14.7 Å². The van der Waals surface area contributed by atoms with E-state index < -0.39 is 12.0 Å². The minimum Gasteiger partial charge on any atom is -0.480 e. The van der Waals surface area contributed by atoms with E-state index in [2.05, 4.69) is 15.3 Å². The van der Waals surface area contributed by atoms with E-state index in [0.717, 1.165) is 17.4 Å². The van der Waals surface area contributed by atoms with Crippen LogP contribution < -0.4 is 5.32 Å². The first kappa shape index (κ1) is 17.3. The average Bonchev–Trinajstić information content (AvgIpc) is 2.68. The van der Waals surface area contributed by atoms with Gasteiger partial charge in [-0.05, 0) is 5.56 Å². The molecule has 0 aliphatic heterocycles. The number of carbonyl (C=O) groups excluding carboxylic acids is 1. The van der Waals surface area contributed by atoms with E-state index in [-0.39, 0.29) is 0 Å². The zero-order valence-corrected chi connectivity index (χ0v) is 13.9. The molecule has 0 spiro atoms. The summed E-state index contributed by atoms with van der Waals surface area (Å²) in [4.78, 5) is 30.7. The summed E-state index contributed by atoms with van der Waals surface area (Å²) in [6, 6.07) is 17.3. The maximum absolute atomic E-state index is 11.6. The molecule has 1 atom stereocenters. The van der Waals surface area contributed by atoms with Crippen LogP contribution in [-0.2, 0) is 11.2 Å². The fourth-order valence-corrected chi connectivity index (χ4v) is 2.55. The van der Waals surface area contributed by atoms with E-state index in [1.165, 1.54) is 6.33 Å². The lowest BCUT2D eigenvalue weighted by atomic mass is 10.1. The maximum atomic E-state index is 11.6. The lowest BCUT2D eigenvalue weighted by molar-refractivity contribution is -0.137. The van der Waals surface area contributed by atoms with Crippen molar-refractivity contribution < 1.29 is 14.7 Å². The number of aromatic nitrogens is 2. The van der Waals surface area contributed by atoms with Gasteiger partial charge in [-0.15, -0.1) is 0 Å². The molecule has 1 aromatic heterocycles. The summed E-state index contributed by atoms with van der Waals surface area (Å²) >= 11 is 0. The Bertz CT molecular complexity index is 896. The van der Waals surface area contributed by atoms with Crippen LogP contribution in [0.2, 0.25) is 0 Å². The van der Waals surface area contributed by atoms with Crippen molar-refractivity contribution in [3.63, 3.8) is 0 Å². The number of hydrogen-bond acceptors (Lipinski definition) is 5. The molecule has 6 nitrogen and oxygen atoms in total.